The molecule has 0 atom stereocenters. The molecular weight excluding hydrogens is 447 g/mol. The number of ether oxygens (including phenoxy) is 1. The van der Waals surface area contributed by atoms with Gasteiger partial charge in [0.05, 0.1) is 35.5 Å². The van der Waals surface area contributed by atoms with Gasteiger partial charge in [-0.05, 0) is 43.0 Å². The van der Waals surface area contributed by atoms with Crippen LogP contribution in [0.15, 0.2) is 34.9 Å². The Morgan fingerprint density at radius 3 is 2.74 bits per heavy atom. The molecule has 0 spiro atoms. The minimum Gasteiger partial charge on any atom is -0.460 e. The highest BCUT2D eigenvalue weighted by Gasteiger charge is 2.40. The molecule has 0 aliphatic carbocycles. The van der Waals surface area contributed by atoms with E-state index >= 15 is 0 Å². The average molecular weight is 470 g/mol. The maximum Gasteiger partial charge on any atom is 0.281 e. The number of hydroxylamine groups is 1. The number of hydrogen-bond donors (Lipinski definition) is 4. The molecule has 1 aliphatic rings. The van der Waals surface area contributed by atoms with Gasteiger partial charge in [0, 0.05) is 29.9 Å². The summed E-state index contributed by atoms with van der Waals surface area (Å²) in [7, 11) is 0. The van der Waals surface area contributed by atoms with Crippen molar-refractivity contribution in [3.63, 3.8) is 0 Å². The molecule has 10 nitrogen and oxygen atoms in total. The van der Waals surface area contributed by atoms with E-state index in [0.717, 1.165) is 6.21 Å². The number of nitrogens with one attached hydrogen (secondary N) is 3. The second kappa shape index (κ2) is 8.76. The third-order valence-electron chi connectivity index (χ3n) is 5.63. The number of aryl methyl sites for hydroxylation is 1. The van der Waals surface area contributed by atoms with E-state index in [1.54, 1.807) is 55.5 Å². The number of halogens is 1. The Kier molecular flexibility index (Phi) is 5.98. The van der Waals surface area contributed by atoms with Gasteiger partial charge in [-0.2, -0.15) is 5.48 Å². The van der Waals surface area contributed by atoms with Crippen LogP contribution in [0.25, 0.3) is 16.7 Å². The van der Waals surface area contributed by atoms with Crippen molar-refractivity contribution in [2.75, 3.05) is 13.1 Å². The largest absolute Gasteiger partial charge is 0.460 e. The summed E-state index contributed by atoms with van der Waals surface area (Å²) in [5.74, 6) is -0.0985. The number of furan rings is 1. The van der Waals surface area contributed by atoms with Crippen LogP contribution in [0.3, 0.4) is 0 Å². The van der Waals surface area contributed by atoms with Crippen molar-refractivity contribution < 1.29 is 33.4 Å². The van der Waals surface area contributed by atoms with Gasteiger partial charge in [0.1, 0.15) is 17.1 Å². The number of aliphatic hydroxyl groups is 1. The van der Waals surface area contributed by atoms with Crippen molar-refractivity contribution in [3.8, 4) is 5.75 Å². The van der Waals surface area contributed by atoms with Gasteiger partial charge in [0.2, 0.25) is 0 Å². The standard InChI is InChI=1S/C23H23FN4O6/c1-12-16(22(30)28-10-23(3,31)11-28)9-26-20(12)17(6-7-25)33-14-4-5-15-18(8-14)32-13(2)19(15)21(29)27-34-24/h4-9,25-26,31H,10-11H2,1-3H3,(H,27,29)/b17-6+,25-7?. The zero-order valence-corrected chi connectivity index (χ0v) is 18.7. The first kappa shape index (κ1) is 23.2. The third-order valence-corrected chi connectivity index (χ3v) is 5.63. The molecule has 0 unspecified atom stereocenters. The number of benzene rings is 1. The van der Waals surface area contributed by atoms with Gasteiger partial charge >= 0.3 is 0 Å². The van der Waals surface area contributed by atoms with Crippen molar-refractivity contribution in [1.82, 2.24) is 15.4 Å². The van der Waals surface area contributed by atoms with Crippen LogP contribution >= 0.6 is 0 Å². The average Bonchev–Trinajstić information content (AvgIpc) is 3.30. The second-order valence-electron chi connectivity index (χ2n) is 8.36. The first-order chi connectivity index (χ1) is 16.1. The highest BCUT2D eigenvalue weighted by Crippen LogP contribution is 2.32. The van der Waals surface area contributed by atoms with Crippen LogP contribution in [0.4, 0.5) is 4.53 Å². The molecule has 1 aliphatic heterocycles. The number of aromatic nitrogens is 1. The van der Waals surface area contributed by atoms with Crippen LogP contribution in [-0.4, -0.2) is 51.7 Å². The number of amides is 2. The summed E-state index contributed by atoms with van der Waals surface area (Å²) in [6.07, 6.45) is 4.05. The van der Waals surface area contributed by atoms with E-state index in [0.29, 0.717) is 33.5 Å². The van der Waals surface area contributed by atoms with E-state index in [4.69, 9.17) is 14.6 Å². The SMILES string of the molecule is Cc1oc2cc(O/C(=C/C=N)c3[nH]cc(C(=O)N4CC(C)(O)C4)c3C)ccc2c1C(=O)NOF. The Balaban J connectivity index is 1.60. The molecule has 11 heteroatoms. The molecule has 4 N–H and O–H groups in total. The first-order valence-corrected chi connectivity index (χ1v) is 10.3. The number of fused-ring (bicyclic) bond motifs is 1. The van der Waals surface area contributed by atoms with Gasteiger partial charge in [-0.15, -0.1) is 0 Å². The summed E-state index contributed by atoms with van der Waals surface area (Å²) in [6, 6.07) is 4.73. The lowest BCUT2D eigenvalue weighted by molar-refractivity contribution is -0.176. The molecule has 2 amide bonds. The van der Waals surface area contributed by atoms with Gasteiger partial charge in [-0.1, -0.05) is 5.04 Å². The van der Waals surface area contributed by atoms with Crippen LogP contribution in [0.1, 0.15) is 44.7 Å². The Morgan fingerprint density at radius 1 is 1.35 bits per heavy atom. The number of likely N-dealkylation sites (tertiary alicyclic amines) is 1. The normalized spacial score (nSPS) is 15.2. The van der Waals surface area contributed by atoms with Crippen LogP contribution < -0.4 is 10.2 Å². The lowest BCUT2D eigenvalue weighted by Crippen LogP contribution is -2.61. The fourth-order valence-electron chi connectivity index (χ4n) is 4.07. The Bertz CT molecular complexity index is 1310. The molecule has 1 aromatic carbocycles. The molecule has 0 saturated carbocycles. The quantitative estimate of drug-likeness (QED) is 0.237. The monoisotopic (exact) mass is 470 g/mol. The number of H-pyrrole nitrogens is 1. The Hall–Kier alpha value is -3.96. The minimum absolute atomic E-state index is 0.128. The zero-order valence-electron chi connectivity index (χ0n) is 18.7. The number of rotatable bonds is 7. The fourth-order valence-corrected chi connectivity index (χ4v) is 4.07. The summed E-state index contributed by atoms with van der Waals surface area (Å²) in [6.45, 7) is 5.50. The maximum absolute atomic E-state index is 12.8. The van der Waals surface area contributed by atoms with Crippen molar-refractivity contribution in [2.45, 2.75) is 26.4 Å². The molecule has 0 radical (unpaired) electrons. The highest BCUT2D eigenvalue weighted by atomic mass is 19.3. The summed E-state index contributed by atoms with van der Waals surface area (Å²) in [4.78, 5) is 29.4. The summed E-state index contributed by atoms with van der Waals surface area (Å²) in [5, 5.41) is 21.1. The van der Waals surface area contributed by atoms with E-state index in [1.165, 1.54) is 6.08 Å². The van der Waals surface area contributed by atoms with Crippen LogP contribution in [-0.2, 0) is 5.04 Å². The zero-order chi connectivity index (χ0) is 24.6. The number of aromatic amines is 1. The van der Waals surface area contributed by atoms with Gasteiger partial charge in [0.25, 0.3) is 11.8 Å². The van der Waals surface area contributed by atoms with Gasteiger partial charge < -0.3 is 29.6 Å². The smallest absolute Gasteiger partial charge is 0.281 e. The van der Waals surface area contributed by atoms with E-state index < -0.39 is 11.5 Å². The van der Waals surface area contributed by atoms with Crippen molar-refractivity contribution in [2.24, 2.45) is 0 Å². The molecule has 34 heavy (non-hydrogen) atoms. The fraction of sp³-hybridized carbons (Fsp3) is 0.261. The third kappa shape index (κ3) is 4.18. The van der Waals surface area contributed by atoms with Crippen molar-refractivity contribution >= 4 is 34.8 Å². The van der Waals surface area contributed by atoms with Crippen LogP contribution in [0.5, 0.6) is 5.75 Å². The van der Waals surface area contributed by atoms with Gasteiger partial charge in [-0.25, -0.2) is 0 Å². The molecular formula is C23H23FN4O6. The molecule has 3 heterocycles. The molecule has 1 saturated heterocycles. The molecule has 4 rings (SSSR count). The Labute approximate surface area is 193 Å². The topological polar surface area (TPSA) is 141 Å². The number of carbonyl (C=O) groups is 2. The lowest BCUT2D eigenvalue weighted by Gasteiger charge is -2.44. The van der Waals surface area contributed by atoms with Crippen LogP contribution in [0, 0.1) is 19.3 Å². The Morgan fingerprint density at radius 2 is 2.09 bits per heavy atom. The summed E-state index contributed by atoms with van der Waals surface area (Å²) < 4.78 is 23.6. The minimum atomic E-state index is -0.876. The predicted octanol–water partition coefficient (Wildman–Crippen LogP) is 3.20. The van der Waals surface area contributed by atoms with Crippen LogP contribution in [0.2, 0.25) is 0 Å². The molecule has 178 valence electrons. The predicted molar refractivity (Wildman–Crippen MR) is 120 cm³/mol. The van der Waals surface area contributed by atoms with E-state index in [1.807, 2.05) is 0 Å². The highest BCUT2D eigenvalue weighted by molar-refractivity contribution is 6.07. The second-order valence-corrected chi connectivity index (χ2v) is 8.36. The molecule has 3 aromatic rings. The van der Waals surface area contributed by atoms with Crippen molar-refractivity contribution in [3.05, 3.63) is 58.6 Å². The number of allylic oxidation sites excluding steroid dienone is 1. The maximum atomic E-state index is 12.8. The number of nitrogens with zero attached hydrogens (tertiary/aromatic N) is 1. The number of β-amino-alcohol motifs (C(OH)–C–C–N with tert-alkyl or cyclic N) is 1. The summed E-state index contributed by atoms with van der Waals surface area (Å²) in [5.41, 5.74) is 2.78. The molecule has 2 aromatic heterocycles. The first-order valence-electron chi connectivity index (χ1n) is 10.3. The summed E-state index contributed by atoms with van der Waals surface area (Å²) >= 11 is 0. The van der Waals surface area contributed by atoms with Crippen molar-refractivity contribution in [1.29, 1.82) is 5.41 Å². The molecule has 0 bridgehead atoms. The lowest BCUT2D eigenvalue weighted by atomic mass is 9.95. The van der Waals surface area contributed by atoms with E-state index in [-0.39, 0.29) is 36.1 Å². The van der Waals surface area contributed by atoms with Gasteiger partial charge in [-0.3, -0.25) is 9.59 Å². The molecule has 1 fully saturated rings. The van der Waals surface area contributed by atoms with E-state index in [2.05, 4.69) is 10.0 Å². The van der Waals surface area contributed by atoms with E-state index in [9.17, 15) is 19.2 Å². The number of hydrogen-bond acceptors (Lipinski definition) is 7. The van der Waals surface area contributed by atoms with Gasteiger partial charge in [0.15, 0.2) is 5.76 Å². The number of carbonyl (C=O) groups excluding carboxylic acids is 2.